The van der Waals surface area contributed by atoms with Gasteiger partial charge in [0.25, 0.3) is 0 Å². The van der Waals surface area contributed by atoms with Crippen molar-refractivity contribution < 1.29 is 4.74 Å². The Kier molecular flexibility index (Phi) is 3.23. The highest BCUT2D eigenvalue weighted by molar-refractivity contribution is 5.84. The van der Waals surface area contributed by atoms with Crippen LogP contribution in [0.5, 0.6) is 5.75 Å². The summed E-state index contributed by atoms with van der Waals surface area (Å²) in [5.41, 5.74) is 3.68. The van der Waals surface area contributed by atoms with Crippen molar-refractivity contribution in [3.8, 4) is 5.75 Å². The molecule has 0 radical (unpaired) electrons. The average Bonchev–Trinajstić information content (AvgIpc) is 2.88. The summed E-state index contributed by atoms with van der Waals surface area (Å²) >= 11 is 0. The summed E-state index contributed by atoms with van der Waals surface area (Å²) in [5.74, 6) is 0.904. The molecule has 0 atom stereocenters. The Bertz CT molecular complexity index is 670. The van der Waals surface area contributed by atoms with Crippen molar-refractivity contribution in [3.05, 3.63) is 65.9 Å². The van der Waals surface area contributed by atoms with Gasteiger partial charge in [-0.15, -0.1) is 0 Å². The fourth-order valence-electron chi connectivity index (χ4n) is 2.29. The molecule has 3 rings (SSSR count). The maximum absolute atomic E-state index is 5.82. The molecule has 0 unspecified atom stereocenters. The lowest BCUT2D eigenvalue weighted by Gasteiger charge is -2.06. The smallest absolute Gasteiger partial charge is 0.121 e. The molecule has 0 aliphatic heterocycles. The highest BCUT2D eigenvalue weighted by Crippen LogP contribution is 2.24. The second kappa shape index (κ2) is 5.19. The average molecular weight is 251 g/mol. The monoisotopic (exact) mass is 251 g/mol. The summed E-state index contributed by atoms with van der Waals surface area (Å²) in [4.78, 5) is 3.30. The van der Waals surface area contributed by atoms with Gasteiger partial charge in [-0.2, -0.15) is 0 Å². The number of hydrogen-bond acceptors (Lipinski definition) is 1. The van der Waals surface area contributed by atoms with Crippen molar-refractivity contribution in [3.63, 3.8) is 0 Å². The van der Waals surface area contributed by atoms with Crippen molar-refractivity contribution in [1.82, 2.24) is 4.98 Å². The van der Waals surface area contributed by atoms with E-state index in [9.17, 15) is 0 Å². The van der Waals surface area contributed by atoms with Gasteiger partial charge < -0.3 is 9.72 Å². The molecule has 2 heteroatoms. The summed E-state index contributed by atoms with van der Waals surface area (Å²) in [5, 5.41) is 1.29. The van der Waals surface area contributed by atoms with E-state index in [2.05, 4.69) is 42.4 Å². The molecule has 19 heavy (non-hydrogen) atoms. The Labute approximate surface area is 113 Å². The zero-order valence-electron chi connectivity index (χ0n) is 11.0. The Balaban J connectivity index is 1.78. The minimum Gasteiger partial charge on any atom is -0.489 e. The van der Waals surface area contributed by atoms with Gasteiger partial charge >= 0.3 is 0 Å². The lowest BCUT2D eigenvalue weighted by atomic mass is 10.1. The summed E-state index contributed by atoms with van der Waals surface area (Å²) in [6, 6.07) is 16.5. The fourth-order valence-corrected chi connectivity index (χ4v) is 2.29. The first-order valence-corrected chi connectivity index (χ1v) is 6.63. The number of fused-ring (bicyclic) bond motifs is 1. The number of aromatic amines is 1. The lowest BCUT2D eigenvalue weighted by molar-refractivity contribution is 0.306. The first kappa shape index (κ1) is 11.8. The normalized spacial score (nSPS) is 10.8. The van der Waals surface area contributed by atoms with E-state index < -0.39 is 0 Å². The van der Waals surface area contributed by atoms with E-state index in [-0.39, 0.29) is 0 Å². The van der Waals surface area contributed by atoms with Crippen molar-refractivity contribution in [2.45, 2.75) is 20.0 Å². The van der Waals surface area contributed by atoms with Gasteiger partial charge in [-0.05, 0) is 29.7 Å². The predicted octanol–water partition coefficient (Wildman–Crippen LogP) is 4.31. The fraction of sp³-hybridized carbons (Fsp3) is 0.176. The molecule has 2 nitrogen and oxygen atoms in total. The number of rotatable bonds is 4. The molecule has 0 saturated carbocycles. The van der Waals surface area contributed by atoms with E-state index in [0.29, 0.717) is 6.61 Å². The predicted molar refractivity (Wildman–Crippen MR) is 78.5 cm³/mol. The first-order chi connectivity index (χ1) is 9.36. The number of H-pyrrole nitrogens is 1. The van der Waals surface area contributed by atoms with Crippen LogP contribution in [0.3, 0.4) is 0 Å². The Hall–Kier alpha value is -2.22. The van der Waals surface area contributed by atoms with Crippen LogP contribution >= 0.6 is 0 Å². The Morgan fingerprint density at radius 2 is 1.89 bits per heavy atom. The van der Waals surface area contributed by atoms with Crippen molar-refractivity contribution in [2.24, 2.45) is 0 Å². The molecular weight excluding hydrogens is 234 g/mol. The van der Waals surface area contributed by atoms with E-state index in [1.807, 2.05) is 24.3 Å². The molecule has 0 spiro atoms. The van der Waals surface area contributed by atoms with Crippen LogP contribution in [0.1, 0.15) is 18.1 Å². The van der Waals surface area contributed by atoms with Crippen LogP contribution in [0.2, 0.25) is 0 Å². The largest absolute Gasteiger partial charge is 0.489 e. The number of hydrogen-bond donors (Lipinski definition) is 1. The van der Waals surface area contributed by atoms with Crippen molar-refractivity contribution in [1.29, 1.82) is 0 Å². The third-order valence-corrected chi connectivity index (χ3v) is 3.37. The Morgan fingerprint density at radius 1 is 1.05 bits per heavy atom. The van der Waals surface area contributed by atoms with Gasteiger partial charge in [0.1, 0.15) is 12.4 Å². The van der Waals surface area contributed by atoms with Crippen LogP contribution in [0, 0.1) is 0 Å². The minimum atomic E-state index is 0.605. The van der Waals surface area contributed by atoms with Gasteiger partial charge in [-0.1, -0.05) is 37.3 Å². The third kappa shape index (κ3) is 2.48. The molecule has 0 aliphatic rings. The lowest BCUT2D eigenvalue weighted by Crippen LogP contribution is -1.94. The summed E-state index contributed by atoms with van der Waals surface area (Å²) in [7, 11) is 0. The SMILES string of the molecule is CCc1c[nH]c2cc(OCc3ccccc3)ccc12. The third-order valence-electron chi connectivity index (χ3n) is 3.37. The molecule has 1 aromatic heterocycles. The molecule has 1 N–H and O–H groups in total. The molecule has 3 aromatic rings. The highest BCUT2D eigenvalue weighted by atomic mass is 16.5. The quantitative estimate of drug-likeness (QED) is 0.734. The second-order valence-corrected chi connectivity index (χ2v) is 4.65. The molecule has 0 amide bonds. The minimum absolute atomic E-state index is 0.605. The number of aromatic nitrogens is 1. The number of ether oxygens (including phenoxy) is 1. The maximum Gasteiger partial charge on any atom is 0.121 e. The zero-order chi connectivity index (χ0) is 13.1. The van der Waals surface area contributed by atoms with Gasteiger partial charge in [0.05, 0.1) is 0 Å². The standard InChI is InChI=1S/C17H17NO/c1-2-14-11-18-17-10-15(8-9-16(14)17)19-12-13-6-4-3-5-7-13/h3-11,18H,2,12H2,1H3. The van der Waals surface area contributed by atoms with Crippen LogP contribution in [-0.4, -0.2) is 4.98 Å². The molecule has 96 valence electrons. The van der Waals surface area contributed by atoms with Gasteiger partial charge in [0, 0.05) is 23.2 Å². The molecule has 0 fully saturated rings. The maximum atomic E-state index is 5.82. The number of aryl methyl sites for hydroxylation is 1. The van der Waals surface area contributed by atoms with Gasteiger partial charge in [0.15, 0.2) is 0 Å². The summed E-state index contributed by atoms with van der Waals surface area (Å²) < 4.78 is 5.82. The van der Waals surface area contributed by atoms with Crippen LogP contribution in [0.4, 0.5) is 0 Å². The van der Waals surface area contributed by atoms with E-state index in [1.165, 1.54) is 16.5 Å². The van der Waals surface area contributed by atoms with Crippen LogP contribution < -0.4 is 4.74 Å². The van der Waals surface area contributed by atoms with Gasteiger partial charge in [-0.25, -0.2) is 0 Å². The first-order valence-electron chi connectivity index (χ1n) is 6.63. The van der Waals surface area contributed by atoms with Gasteiger partial charge in [-0.3, -0.25) is 0 Å². The van der Waals surface area contributed by atoms with Crippen molar-refractivity contribution >= 4 is 10.9 Å². The van der Waals surface area contributed by atoms with E-state index in [1.54, 1.807) is 0 Å². The van der Waals surface area contributed by atoms with E-state index in [4.69, 9.17) is 4.74 Å². The van der Waals surface area contributed by atoms with Crippen LogP contribution in [-0.2, 0) is 13.0 Å². The number of nitrogens with one attached hydrogen (secondary N) is 1. The van der Waals surface area contributed by atoms with E-state index in [0.717, 1.165) is 17.7 Å². The molecule has 0 saturated heterocycles. The van der Waals surface area contributed by atoms with Crippen LogP contribution in [0.15, 0.2) is 54.7 Å². The molecular formula is C17H17NO. The topological polar surface area (TPSA) is 25.0 Å². The molecule has 0 aliphatic carbocycles. The molecule has 1 heterocycles. The highest BCUT2D eigenvalue weighted by Gasteiger charge is 2.03. The number of benzene rings is 2. The molecule has 0 bridgehead atoms. The van der Waals surface area contributed by atoms with Crippen molar-refractivity contribution in [2.75, 3.05) is 0 Å². The second-order valence-electron chi connectivity index (χ2n) is 4.65. The summed E-state index contributed by atoms with van der Waals surface area (Å²) in [6.07, 6.45) is 3.12. The summed E-state index contributed by atoms with van der Waals surface area (Å²) in [6.45, 7) is 2.77. The zero-order valence-corrected chi connectivity index (χ0v) is 11.0. The van der Waals surface area contributed by atoms with Crippen LogP contribution in [0.25, 0.3) is 10.9 Å². The van der Waals surface area contributed by atoms with Gasteiger partial charge in [0.2, 0.25) is 0 Å². The Morgan fingerprint density at radius 3 is 2.68 bits per heavy atom. The molecule has 2 aromatic carbocycles. The van der Waals surface area contributed by atoms with E-state index >= 15 is 0 Å².